The SMILES string of the molecule is CC(Br)c1coc(C(F)(F)F)c1. The van der Waals surface area contributed by atoms with E-state index in [4.69, 9.17) is 0 Å². The third kappa shape index (κ3) is 2.03. The molecule has 0 bridgehead atoms. The van der Waals surface area contributed by atoms with Crippen molar-refractivity contribution in [2.45, 2.75) is 17.9 Å². The van der Waals surface area contributed by atoms with Crippen molar-refractivity contribution >= 4 is 15.9 Å². The molecule has 1 heterocycles. The number of rotatable bonds is 1. The first kappa shape index (κ1) is 9.64. The number of halogens is 4. The normalized spacial score (nSPS) is 14.8. The fraction of sp³-hybridized carbons (Fsp3) is 0.429. The van der Waals surface area contributed by atoms with Gasteiger partial charge >= 0.3 is 6.18 Å². The molecule has 12 heavy (non-hydrogen) atoms. The molecule has 0 saturated heterocycles. The highest BCUT2D eigenvalue weighted by atomic mass is 79.9. The van der Waals surface area contributed by atoms with Gasteiger partial charge in [0.05, 0.1) is 6.26 Å². The summed E-state index contributed by atoms with van der Waals surface area (Å²) in [5, 5.41) is 0. The first-order valence-electron chi connectivity index (χ1n) is 3.21. The first-order chi connectivity index (χ1) is 5.41. The lowest BCUT2D eigenvalue weighted by atomic mass is 10.2. The summed E-state index contributed by atoms with van der Waals surface area (Å²) in [6.45, 7) is 1.73. The Hall–Kier alpha value is -0.450. The monoisotopic (exact) mass is 242 g/mol. The van der Waals surface area contributed by atoms with Crippen LogP contribution in [0.4, 0.5) is 13.2 Å². The summed E-state index contributed by atoms with van der Waals surface area (Å²) in [5.74, 6) is -0.955. The zero-order valence-corrected chi connectivity index (χ0v) is 7.74. The van der Waals surface area contributed by atoms with Crippen LogP contribution >= 0.6 is 15.9 Å². The molecular formula is C7H6BrF3O. The molecule has 0 spiro atoms. The first-order valence-corrected chi connectivity index (χ1v) is 4.12. The van der Waals surface area contributed by atoms with Gasteiger partial charge in [0.2, 0.25) is 5.76 Å². The van der Waals surface area contributed by atoms with Gasteiger partial charge in [0.15, 0.2) is 0 Å². The molecule has 0 aromatic carbocycles. The molecule has 0 saturated carbocycles. The molecule has 0 aliphatic heterocycles. The molecule has 1 atom stereocenters. The Bertz CT molecular complexity index is 264. The highest BCUT2D eigenvalue weighted by molar-refractivity contribution is 9.09. The van der Waals surface area contributed by atoms with Gasteiger partial charge in [-0.2, -0.15) is 13.2 Å². The minimum Gasteiger partial charge on any atom is -0.459 e. The summed E-state index contributed by atoms with van der Waals surface area (Å²) in [7, 11) is 0. The maximum absolute atomic E-state index is 12.0. The van der Waals surface area contributed by atoms with E-state index in [0.717, 1.165) is 12.3 Å². The molecule has 0 aliphatic rings. The van der Waals surface area contributed by atoms with Gasteiger partial charge < -0.3 is 4.42 Å². The van der Waals surface area contributed by atoms with E-state index in [2.05, 4.69) is 20.3 Å². The van der Waals surface area contributed by atoms with Gasteiger partial charge in [-0.25, -0.2) is 0 Å². The van der Waals surface area contributed by atoms with Crippen LogP contribution in [0.3, 0.4) is 0 Å². The van der Waals surface area contributed by atoms with E-state index in [1.54, 1.807) is 6.92 Å². The zero-order valence-electron chi connectivity index (χ0n) is 6.15. The molecule has 0 N–H and O–H groups in total. The standard InChI is InChI=1S/C7H6BrF3O/c1-4(8)5-2-6(12-3-5)7(9,10)11/h2-4H,1H3. The topological polar surface area (TPSA) is 13.1 Å². The zero-order chi connectivity index (χ0) is 9.35. The summed E-state index contributed by atoms with van der Waals surface area (Å²) in [6, 6.07) is 0.986. The van der Waals surface area contributed by atoms with Crippen LogP contribution in [0.5, 0.6) is 0 Å². The Balaban J connectivity index is 2.92. The van der Waals surface area contributed by atoms with Gasteiger partial charge in [-0.05, 0) is 13.0 Å². The van der Waals surface area contributed by atoms with E-state index in [1.807, 2.05) is 0 Å². The van der Waals surface area contributed by atoms with E-state index < -0.39 is 11.9 Å². The maximum atomic E-state index is 12.0. The van der Waals surface area contributed by atoms with Crippen LogP contribution in [-0.4, -0.2) is 0 Å². The van der Waals surface area contributed by atoms with Crippen molar-refractivity contribution in [2.75, 3.05) is 0 Å². The second-order valence-corrected chi connectivity index (χ2v) is 3.73. The molecule has 1 nitrogen and oxygen atoms in total. The third-order valence-electron chi connectivity index (χ3n) is 1.36. The largest absolute Gasteiger partial charge is 0.459 e. The van der Waals surface area contributed by atoms with Crippen LogP contribution < -0.4 is 0 Å². The second kappa shape index (κ2) is 3.12. The van der Waals surface area contributed by atoms with Crippen LogP contribution in [0.2, 0.25) is 0 Å². The Morgan fingerprint density at radius 3 is 2.33 bits per heavy atom. The summed E-state index contributed by atoms with van der Waals surface area (Å²) < 4.78 is 40.2. The van der Waals surface area contributed by atoms with Crippen molar-refractivity contribution in [3.63, 3.8) is 0 Å². The molecule has 1 aromatic heterocycles. The molecule has 0 radical (unpaired) electrons. The van der Waals surface area contributed by atoms with Crippen molar-refractivity contribution in [2.24, 2.45) is 0 Å². The fourth-order valence-corrected chi connectivity index (χ4v) is 0.948. The van der Waals surface area contributed by atoms with E-state index >= 15 is 0 Å². The van der Waals surface area contributed by atoms with Gasteiger partial charge in [-0.3, -0.25) is 0 Å². The Kier molecular flexibility index (Phi) is 2.51. The Morgan fingerprint density at radius 2 is 2.08 bits per heavy atom. The second-order valence-electron chi connectivity index (χ2n) is 2.36. The molecule has 1 aromatic rings. The molecule has 1 unspecified atom stereocenters. The molecule has 0 aliphatic carbocycles. The number of hydrogen-bond donors (Lipinski definition) is 0. The molecule has 68 valence electrons. The summed E-state index contributed by atoms with van der Waals surface area (Å²) in [6.07, 6.45) is -3.29. The predicted octanol–water partition coefficient (Wildman–Crippen LogP) is 3.75. The number of alkyl halides is 4. The lowest BCUT2D eigenvalue weighted by Crippen LogP contribution is -2.02. The average molecular weight is 243 g/mol. The predicted molar refractivity (Wildman–Crippen MR) is 41.1 cm³/mol. The van der Waals surface area contributed by atoms with Gasteiger partial charge in [0.25, 0.3) is 0 Å². The van der Waals surface area contributed by atoms with Gasteiger partial charge in [-0.1, -0.05) is 15.9 Å². The Labute approximate surface area is 75.7 Å². The quantitative estimate of drug-likeness (QED) is 0.684. The van der Waals surface area contributed by atoms with Gasteiger partial charge in [0, 0.05) is 10.4 Å². The van der Waals surface area contributed by atoms with Crippen LogP contribution in [0.15, 0.2) is 16.7 Å². The molecule has 1 rings (SSSR count). The van der Waals surface area contributed by atoms with Crippen molar-refractivity contribution < 1.29 is 17.6 Å². The number of furan rings is 1. The molecule has 0 amide bonds. The Morgan fingerprint density at radius 1 is 1.50 bits per heavy atom. The minimum atomic E-state index is -4.39. The van der Waals surface area contributed by atoms with E-state index in [-0.39, 0.29) is 4.83 Å². The fourth-order valence-electron chi connectivity index (χ4n) is 0.708. The van der Waals surface area contributed by atoms with Crippen molar-refractivity contribution in [1.29, 1.82) is 0 Å². The maximum Gasteiger partial charge on any atom is 0.449 e. The minimum absolute atomic E-state index is 0.127. The summed E-state index contributed by atoms with van der Waals surface area (Å²) in [4.78, 5) is -0.127. The summed E-state index contributed by atoms with van der Waals surface area (Å²) in [5.41, 5.74) is 0.488. The average Bonchev–Trinajstić information content (AvgIpc) is 2.30. The summed E-state index contributed by atoms with van der Waals surface area (Å²) >= 11 is 3.14. The van der Waals surface area contributed by atoms with E-state index in [9.17, 15) is 13.2 Å². The number of hydrogen-bond acceptors (Lipinski definition) is 1. The van der Waals surface area contributed by atoms with Crippen molar-refractivity contribution in [3.8, 4) is 0 Å². The highest BCUT2D eigenvalue weighted by Gasteiger charge is 2.35. The molecular weight excluding hydrogens is 237 g/mol. The van der Waals surface area contributed by atoms with E-state index in [0.29, 0.717) is 5.56 Å². The van der Waals surface area contributed by atoms with Crippen LogP contribution in [0.25, 0.3) is 0 Å². The van der Waals surface area contributed by atoms with Gasteiger partial charge in [0.1, 0.15) is 0 Å². The molecule has 5 heteroatoms. The smallest absolute Gasteiger partial charge is 0.449 e. The molecule has 0 fully saturated rings. The van der Waals surface area contributed by atoms with Gasteiger partial charge in [-0.15, -0.1) is 0 Å². The van der Waals surface area contributed by atoms with Crippen molar-refractivity contribution in [1.82, 2.24) is 0 Å². The van der Waals surface area contributed by atoms with Crippen LogP contribution in [-0.2, 0) is 6.18 Å². The van der Waals surface area contributed by atoms with Crippen LogP contribution in [0, 0.1) is 0 Å². The lowest BCUT2D eigenvalue weighted by molar-refractivity contribution is -0.153. The third-order valence-corrected chi connectivity index (χ3v) is 1.89. The van der Waals surface area contributed by atoms with E-state index in [1.165, 1.54) is 0 Å². The lowest BCUT2D eigenvalue weighted by Gasteiger charge is -1.99. The highest BCUT2D eigenvalue weighted by Crippen LogP contribution is 2.33. The van der Waals surface area contributed by atoms with Crippen molar-refractivity contribution in [3.05, 3.63) is 23.7 Å². The van der Waals surface area contributed by atoms with Crippen LogP contribution in [0.1, 0.15) is 23.1 Å².